The molecule has 7 heteroatoms. The number of ether oxygens (including phenoxy) is 4. The van der Waals surface area contributed by atoms with Gasteiger partial charge in [-0.3, -0.25) is 4.79 Å². The molecule has 1 aliphatic heterocycles. The van der Waals surface area contributed by atoms with Gasteiger partial charge in [-0.1, -0.05) is 12.1 Å². The number of carbonyl (C=O) groups is 2. The summed E-state index contributed by atoms with van der Waals surface area (Å²) in [5.41, 5.74) is 3.86. The fourth-order valence-electron chi connectivity index (χ4n) is 4.38. The third kappa shape index (κ3) is 4.80. The van der Waals surface area contributed by atoms with Gasteiger partial charge in [0.25, 0.3) is 0 Å². The van der Waals surface area contributed by atoms with Crippen LogP contribution in [0.5, 0.6) is 17.2 Å². The summed E-state index contributed by atoms with van der Waals surface area (Å²) in [6.07, 6.45) is 0.211. The highest BCUT2D eigenvalue weighted by Crippen LogP contribution is 2.43. The fourth-order valence-corrected chi connectivity index (χ4v) is 4.38. The standard InChI is InChI=1S/C28H29NO6/c1-5-34-22-13-9-18(10-14-22)27-23-17-25(33-4)24(32-3)15-20(23)16-26(30)29(27)21-11-7-19(8-12-21)28(31)35-6-2/h7-15,17,27H,5-6,16H2,1-4H3/t27-/m1/s1. The van der Waals surface area contributed by atoms with Crippen molar-refractivity contribution in [1.82, 2.24) is 0 Å². The van der Waals surface area contributed by atoms with Crippen LogP contribution in [-0.2, 0) is 16.0 Å². The monoisotopic (exact) mass is 475 g/mol. The van der Waals surface area contributed by atoms with E-state index in [0.29, 0.717) is 36.0 Å². The number of hydrogen-bond donors (Lipinski definition) is 0. The van der Waals surface area contributed by atoms with E-state index in [4.69, 9.17) is 18.9 Å². The van der Waals surface area contributed by atoms with E-state index in [-0.39, 0.29) is 12.3 Å². The van der Waals surface area contributed by atoms with E-state index in [1.807, 2.05) is 43.3 Å². The van der Waals surface area contributed by atoms with Crippen molar-refractivity contribution < 1.29 is 28.5 Å². The number of anilines is 1. The van der Waals surface area contributed by atoms with E-state index in [0.717, 1.165) is 22.4 Å². The highest BCUT2D eigenvalue weighted by molar-refractivity contribution is 5.99. The number of carbonyl (C=O) groups excluding carboxylic acids is 2. The second kappa shape index (κ2) is 10.5. The van der Waals surface area contributed by atoms with Crippen LogP contribution in [0.15, 0.2) is 60.7 Å². The largest absolute Gasteiger partial charge is 0.494 e. The summed E-state index contributed by atoms with van der Waals surface area (Å²) >= 11 is 0. The van der Waals surface area contributed by atoms with Crippen molar-refractivity contribution in [1.29, 1.82) is 0 Å². The molecule has 4 rings (SSSR count). The number of amides is 1. The lowest BCUT2D eigenvalue weighted by Crippen LogP contribution is -2.41. The van der Waals surface area contributed by atoms with Gasteiger partial charge in [-0.2, -0.15) is 0 Å². The highest BCUT2D eigenvalue weighted by atomic mass is 16.5. The first-order valence-electron chi connectivity index (χ1n) is 11.6. The molecule has 1 heterocycles. The van der Waals surface area contributed by atoms with Gasteiger partial charge < -0.3 is 23.8 Å². The topological polar surface area (TPSA) is 74.3 Å². The molecule has 1 aliphatic rings. The Morgan fingerprint density at radius 1 is 0.914 bits per heavy atom. The van der Waals surface area contributed by atoms with Crippen LogP contribution in [0.25, 0.3) is 0 Å². The van der Waals surface area contributed by atoms with E-state index in [9.17, 15) is 9.59 Å². The molecular formula is C28H29NO6. The van der Waals surface area contributed by atoms with Crippen LogP contribution in [0.4, 0.5) is 5.69 Å². The van der Waals surface area contributed by atoms with Crippen molar-refractivity contribution in [3.05, 3.63) is 82.9 Å². The molecule has 35 heavy (non-hydrogen) atoms. The molecule has 7 nitrogen and oxygen atoms in total. The first kappa shape index (κ1) is 24.1. The van der Waals surface area contributed by atoms with Gasteiger partial charge in [0.05, 0.1) is 45.5 Å². The zero-order valence-electron chi connectivity index (χ0n) is 20.4. The maximum atomic E-state index is 13.5. The average molecular weight is 476 g/mol. The van der Waals surface area contributed by atoms with Crippen LogP contribution in [0, 0.1) is 0 Å². The number of hydrogen-bond acceptors (Lipinski definition) is 6. The Kier molecular flexibility index (Phi) is 7.25. The minimum absolute atomic E-state index is 0.0625. The van der Waals surface area contributed by atoms with Crippen LogP contribution >= 0.6 is 0 Å². The van der Waals surface area contributed by atoms with Gasteiger partial charge >= 0.3 is 5.97 Å². The molecule has 0 saturated carbocycles. The zero-order valence-corrected chi connectivity index (χ0v) is 20.4. The Morgan fingerprint density at radius 3 is 2.17 bits per heavy atom. The summed E-state index contributed by atoms with van der Waals surface area (Å²) in [5.74, 6) is 1.48. The molecule has 0 N–H and O–H groups in total. The van der Waals surface area contributed by atoms with Crippen molar-refractivity contribution in [2.24, 2.45) is 0 Å². The Labute approximate surface area is 205 Å². The van der Waals surface area contributed by atoms with E-state index < -0.39 is 12.0 Å². The minimum atomic E-state index is -0.407. The summed E-state index contributed by atoms with van der Waals surface area (Å²) < 4.78 is 21.8. The predicted octanol–water partition coefficient (Wildman–Crippen LogP) is 4.96. The predicted molar refractivity (Wildman–Crippen MR) is 133 cm³/mol. The number of methoxy groups -OCH3 is 2. The van der Waals surface area contributed by atoms with Crippen LogP contribution in [-0.4, -0.2) is 39.3 Å². The van der Waals surface area contributed by atoms with Gasteiger partial charge in [-0.15, -0.1) is 0 Å². The quantitative estimate of drug-likeness (QED) is 0.429. The van der Waals surface area contributed by atoms with Crippen LogP contribution in [0.3, 0.4) is 0 Å². The van der Waals surface area contributed by atoms with E-state index in [1.54, 1.807) is 50.3 Å². The average Bonchev–Trinajstić information content (AvgIpc) is 2.88. The van der Waals surface area contributed by atoms with Gasteiger partial charge in [0.1, 0.15) is 5.75 Å². The Balaban J connectivity index is 1.83. The van der Waals surface area contributed by atoms with Crippen molar-refractivity contribution in [3.63, 3.8) is 0 Å². The highest BCUT2D eigenvalue weighted by Gasteiger charge is 2.36. The fraction of sp³-hybridized carbons (Fsp3) is 0.286. The molecule has 0 aromatic heterocycles. The lowest BCUT2D eigenvalue weighted by molar-refractivity contribution is -0.118. The summed E-state index contributed by atoms with van der Waals surface area (Å²) in [5, 5.41) is 0. The minimum Gasteiger partial charge on any atom is -0.494 e. The van der Waals surface area contributed by atoms with E-state index in [1.165, 1.54) is 0 Å². The summed E-state index contributed by atoms with van der Waals surface area (Å²) in [6.45, 7) is 4.57. The molecule has 0 bridgehead atoms. The number of benzene rings is 3. The second-order valence-electron chi connectivity index (χ2n) is 8.02. The smallest absolute Gasteiger partial charge is 0.338 e. The van der Waals surface area contributed by atoms with Gasteiger partial charge in [-0.05, 0) is 79.1 Å². The lowest BCUT2D eigenvalue weighted by Gasteiger charge is -2.38. The number of esters is 1. The maximum absolute atomic E-state index is 13.5. The summed E-state index contributed by atoms with van der Waals surface area (Å²) in [4.78, 5) is 27.4. The van der Waals surface area contributed by atoms with Crippen molar-refractivity contribution in [2.45, 2.75) is 26.3 Å². The molecule has 1 atom stereocenters. The molecule has 3 aromatic rings. The van der Waals surface area contributed by atoms with Crippen molar-refractivity contribution in [3.8, 4) is 17.2 Å². The van der Waals surface area contributed by atoms with E-state index >= 15 is 0 Å². The van der Waals surface area contributed by atoms with Gasteiger partial charge in [0.2, 0.25) is 5.91 Å². The molecule has 0 unspecified atom stereocenters. The van der Waals surface area contributed by atoms with Gasteiger partial charge in [-0.25, -0.2) is 4.79 Å². The molecule has 0 saturated heterocycles. The lowest BCUT2D eigenvalue weighted by atomic mass is 9.86. The maximum Gasteiger partial charge on any atom is 0.338 e. The van der Waals surface area contributed by atoms with Crippen LogP contribution in [0.1, 0.15) is 46.9 Å². The van der Waals surface area contributed by atoms with Crippen molar-refractivity contribution in [2.75, 3.05) is 32.3 Å². The summed E-state index contributed by atoms with van der Waals surface area (Å²) in [6, 6.07) is 18.0. The Morgan fingerprint density at radius 2 is 1.57 bits per heavy atom. The molecule has 0 spiro atoms. The third-order valence-electron chi connectivity index (χ3n) is 5.97. The number of rotatable bonds is 8. The van der Waals surface area contributed by atoms with Gasteiger partial charge in [0.15, 0.2) is 11.5 Å². The van der Waals surface area contributed by atoms with Crippen LogP contribution < -0.4 is 19.1 Å². The van der Waals surface area contributed by atoms with Crippen LogP contribution in [0.2, 0.25) is 0 Å². The number of fused-ring (bicyclic) bond motifs is 1. The Hall–Kier alpha value is -4.00. The number of nitrogens with zero attached hydrogens (tertiary/aromatic N) is 1. The molecule has 3 aromatic carbocycles. The van der Waals surface area contributed by atoms with Crippen molar-refractivity contribution >= 4 is 17.6 Å². The molecular weight excluding hydrogens is 446 g/mol. The second-order valence-corrected chi connectivity index (χ2v) is 8.02. The van der Waals surface area contributed by atoms with Gasteiger partial charge in [0, 0.05) is 5.69 Å². The molecule has 1 amide bonds. The SMILES string of the molecule is CCOC(=O)c1ccc(N2C(=O)Cc3cc(OC)c(OC)cc3[C@H]2c2ccc(OCC)cc2)cc1. The molecule has 0 radical (unpaired) electrons. The third-order valence-corrected chi connectivity index (χ3v) is 5.97. The molecule has 0 aliphatic carbocycles. The Bertz CT molecular complexity index is 1200. The molecule has 0 fully saturated rings. The summed E-state index contributed by atoms with van der Waals surface area (Å²) in [7, 11) is 3.17. The molecule has 182 valence electrons. The van der Waals surface area contributed by atoms with E-state index in [2.05, 4.69) is 0 Å². The first-order chi connectivity index (χ1) is 17.0. The first-order valence-corrected chi connectivity index (χ1v) is 11.6. The normalized spacial score (nSPS) is 14.8. The zero-order chi connectivity index (χ0) is 24.9.